The molecule has 2 heteroatoms. The Morgan fingerprint density at radius 1 is 1.25 bits per heavy atom. The van der Waals surface area contributed by atoms with Crippen LogP contribution in [0.5, 0.6) is 0 Å². The van der Waals surface area contributed by atoms with Gasteiger partial charge >= 0.3 is 5.97 Å². The second-order valence-corrected chi connectivity index (χ2v) is 4.27. The summed E-state index contributed by atoms with van der Waals surface area (Å²) in [6, 6.07) is 10.2. The van der Waals surface area contributed by atoms with E-state index in [1.807, 2.05) is 18.2 Å². The second kappa shape index (κ2) is 4.97. The van der Waals surface area contributed by atoms with Crippen LogP contribution >= 0.6 is 0 Å². The van der Waals surface area contributed by atoms with Gasteiger partial charge in [0.1, 0.15) is 0 Å². The zero-order chi connectivity index (χ0) is 11.4. The number of benzene rings is 1. The van der Waals surface area contributed by atoms with Crippen LogP contribution in [-0.4, -0.2) is 11.1 Å². The van der Waals surface area contributed by atoms with Crippen molar-refractivity contribution < 1.29 is 9.90 Å². The van der Waals surface area contributed by atoms with Gasteiger partial charge in [-0.05, 0) is 24.8 Å². The summed E-state index contributed by atoms with van der Waals surface area (Å²) in [5, 5.41) is 8.85. The number of carboxylic acids is 1. The summed E-state index contributed by atoms with van der Waals surface area (Å²) in [7, 11) is 0. The summed E-state index contributed by atoms with van der Waals surface area (Å²) >= 11 is 0. The molecular formula is C14H16O2. The van der Waals surface area contributed by atoms with Gasteiger partial charge in [0.25, 0.3) is 0 Å². The molecule has 1 aliphatic carbocycles. The highest BCUT2D eigenvalue weighted by molar-refractivity contribution is 5.81. The lowest BCUT2D eigenvalue weighted by Gasteiger charge is -2.25. The predicted molar refractivity (Wildman–Crippen MR) is 63.4 cm³/mol. The van der Waals surface area contributed by atoms with Gasteiger partial charge < -0.3 is 5.11 Å². The minimum atomic E-state index is -0.821. The van der Waals surface area contributed by atoms with Crippen molar-refractivity contribution in [1.29, 1.82) is 0 Å². The van der Waals surface area contributed by atoms with E-state index in [9.17, 15) is 4.79 Å². The van der Waals surface area contributed by atoms with Crippen LogP contribution in [0, 0.1) is 0 Å². The van der Waals surface area contributed by atoms with Crippen molar-refractivity contribution in [1.82, 2.24) is 0 Å². The van der Waals surface area contributed by atoms with Crippen molar-refractivity contribution in [3.05, 3.63) is 47.5 Å². The molecule has 1 atom stereocenters. The predicted octanol–water partition coefficient (Wildman–Crippen LogP) is 3.36. The Kier molecular flexibility index (Phi) is 3.40. The number of rotatable bonds is 2. The molecule has 0 radical (unpaired) electrons. The first-order chi connectivity index (χ1) is 7.77. The SMILES string of the molecule is O=C(O)/C=C1\CCCC[C@H]1c1ccccc1. The summed E-state index contributed by atoms with van der Waals surface area (Å²) in [5.74, 6) is -0.510. The van der Waals surface area contributed by atoms with Crippen LogP contribution in [-0.2, 0) is 4.79 Å². The lowest BCUT2D eigenvalue weighted by atomic mass is 9.79. The van der Waals surface area contributed by atoms with Gasteiger partial charge in [-0.3, -0.25) is 0 Å². The summed E-state index contributed by atoms with van der Waals surface area (Å²) in [6.45, 7) is 0. The standard InChI is InChI=1S/C14H16O2/c15-14(16)10-12-8-4-5-9-13(12)11-6-2-1-3-7-11/h1-3,6-7,10,13H,4-5,8-9H2,(H,15,16)/b12-10+/t13-/m0/s1. The highest BCUT2D eigenvalue weighted by Crippen LogP contribution is 2.36. The van der Waals surface area contributed by atoms with Gasteiger partial charge in [-0.15, -0.1) is 0 Å². The van der Waals surface area contributed by atoms with Crippen molar-refractivity contribution in [2.45, 2.75) is 31.6 Å². The van der Waals surface area contributed by atoms with Crippen molar-refractivity contribution in [3.8, 4) is 0 Å². The number of allylic oxidation sites excluding steroid dienone is 1. The maximum Gasteiger partial charge on any atom is 0.328 e. The maximum absolute atomic E-state index is 10.8. The molecule has 0 spiro atoms. The normalized spacial score (nSPS) is 23.2. The van der Waals surface area contributed by atoms with Gasteiger partial charge in [0.2, 0.25) is 0 Å². The van der Waals surface area contributed by atoms with Crippen molar-refractivity contribution >= 4 is 5.97 Å². The van der Waals surface area contributed by atoms with E-state index in [4.69, 9.17) is 5.11 Å². The summed E-state index contributed by atoms with van der Waals surface area (Å²) < 4.78 is 0. The first-order valence-corrected chi connectivity index (χ1v) is 5.75. The van der Waals surface area contributed by atoms with E-state index in [-0.39, 0.29) is 0 Å². The van der Waals surface area contributed by atoms with E-state index in [1.54, 1.807) is 0 Å². The minimum absolute atomic E-state index is 0.311. The fourth-order valence-electron chi connectivity index (χ4n) is 2.43. The fraction of sp³-hybridized carbons (Fsp3) is 0.357. The highest BCUT2D eigenvalue weighted by atomic mass is 16.4. The van der Waals surface area contributed by atoms with Crippen LogP contribution in [0.1, 0.15) is 37.2 Å². The molecule has 2 rings (SSSR count). The molecule has 0 aliphatic heterocycles. The van der Waals surface area contributed by atoms with E-state index < -0.39 is 5.97 Å². The molecule has 1 N–H and O–H groups in total. The Morgan fingerprint density at radius 3 is 2.69 bits per heavy atom. The van der Waals surface area contributed by atoms with Gasteiger partial charge in [0.15, 0.2) is 0 Å². The summed E-state index contributed by atoms with van der Waals surface area (Å²) in [5.41, 5.74) is 2.32. The Bertz CT molecular complexity index is 392. The molecular weight excluding hydrogens is 200 g/mol. The lowest BCUT2D eigenvalue weighted by Crippen LogP contribution is -2.10. The molecule has 1 aromatic rings. The number of hydrogen-bond donors (Lipinski definition) is 1. The van der Waals surface area contributed by atoms with Crippen molar-refractivity contribution in [3.63, 3.8) is 0 Å². The Hall–Kier alpha value is -1.57. The fourth-order valence-corrected chi connectivity index (χ4v) is 2.43. The smallest absolute Gasteiger partial charge is 0.328 e. The number of carbonyl (C=O) groups is 1. The Morgan fingerprint density at radius 2 is 2.00 bits per heavy atom. The monoisotopic (exact) mass is 216 g/mol. The van der Waals surface area contributed by atoms with E-state index >= 15 is 0 Å². The molecule has 1 fully saturated rings. The van der Waals surface area contributed by atoms with Crippen LogP contribution in [0.25, 0.3) is 0 Å². The first kappa shape index (κ1) is 10.9. The van der Waals surface area contributed by atoms with Crippen LogP contribution in [0.4, 0.5) is 0 Å². The van der Waals surface area contributed by atoms with Crippen LogP contribution < -0.4 is 0 Å². The van der Waals surface area contributed by atoms with Gasteiger partial charge in [-0.2, -0.15) is 0 Å². The zero-order valence-corrected chi connectivity index (χ0v) is 9.23. The van der Waals surface area contributed by atoms with Crippen molar-refractivity contribution in [2.24, 2.45) is 0 Å². The van der Waals surface area contributed by atoms with E-state index in [0.717, 1.165) is 24.8 Å². The molecule has 1 saturated carbocycles. The maximum atomic E-state index is 10.8. The van der Waals surface area contributed by atoms with Crippen LogP contribution in [0.15, 0.2) is 42.0 Å². The second-order valence-electron chi connectivity index (χ2n) is 4.27. The quantitative estimate of drug-likeness (QED) is 0.770. The van der Waals surface area contributed by atoms with Gasteiger partial charge in [-0.1, -0.05) is 42.3 Å². The molecule has 0 amide bonds. The van der Waals surface area contributed by atoms with E-state index in [2.05, 4.69) is 12.1 Å². The van der Waals surface area contributed by atoms with Gasteiger partial charge in [0, 0.05) is 12.0 Å². The molecule has 1 aliphatic rings. The van der Waals surface area contributed by atoms with Crippen LogP contribution in [0.2, 0.25) is 0 Å². The molecule has 0 unspecified atom stereocenters. The number of carboxylic acid groups (broad SMARTS) is 1. The number of hydrogen-bond acceptors (Lipinski definition) is 1. The highest BCUT2D eigenvalue weighted by Gasteiger charge is 2.20. The third-order valence-corrected chi connectivity index (χ3v) is 3.17. The zero-order valence-electron chi connectivity index (χ0n) is 9.23. The third-order valence-electron chi connectivity index (χ3n) is 3.17. The molecule has 2 nitrogen and oxygen atoms in total. The Labute approximate surface area is 95.6 Å². The molecule has 16 heavy (non-hydrogen) atoms. The minimum Gasteiger partial charge on any atom is -0.478 e. The Balaban J connectivity index is 2.27. The average Bonchev–Trinajstić information content (AvgIpc) is 2.30. The average molecular weight is 216 g/mol. The van der Waals surface area contributed by atoms with Gasteiger partial charge in [0.05, 0.1) is 0 Å². The van der Waals surface area contributed by atoms with E-state index in [1.165, 1.54) is 18.1 Å². The number of aliphatic carboxylic acids is 1. The van der Waals surface area contributed by atoms with Crippen molar-refractivity contribution in [2.75, 3.05) is 0 Å². The lowest BCUT2D eigenvalue weighted by molar-refractivity contribution is -0.131. The topological polar surface area (TPSA) is 37.3 Å². The molecule has 0 heterocycles. The first-order valence-electron chi connectivity index (χ1n) is 5.75. The van der Waals surface area contributed by atoms with E-state index in [0.29, 0.717) is 5.92 Å². The molecule has 1 aromatic carbocycles. The summed E-state index contributed by atoms with van der Waals surface area (Å²) in [6.07, 6.45) is 5.70. The molecule has 0 aromatic heterocycles. The molecule has 0 saturated heterocycles. The summed E-state index contributed by atoms with van der Waals surface area (Å²) in [4.78, 5) is 10.8. The van der Waals surface area contributed by atoms with Gasteiger partial charge in [-0.25, -0.2) is 4.79 Å². The largest absolute Gasteiger partial charge is 0.478 e. The van der Waals surface area contributed by atoms with Crippen LogP contribution in [0.3, 0.4) is 0 Å². The molecule has 0 bridgehead atoms. The molecule has 84 valence electrons. The third kappa shape index (κ3) is 2.51.